The smallest absolute Gasteiger partial charge is 0.228 e. The summed E-state index contributed by atoms with van der Waals surface area (Å²) in [6.07, 6.45) is 0. The molecule has 5 nitrogen and oxygen atoms in total. The zero-order valence-corrected chi connectivity index (χ0v) is 12.6. The summed E-state index contributed by atoms with van der Waals surface area (Å²) in [5.41, 5.74) is 5.85. The Kier molecular flexibility index (Phi) is 7.11. The number of benzene rings is 1. The highest BCUT2D eigenvalue weighted by atomic mass is 32.2. The highest BCUT2D eigenvalue weighted by Crippen LogP contribution is 2.26. The minimum atomic E-state index is -0.378. The molecular weight excluding hydrogens is 274 g/mol. The normalized spacial score (nSPS) is 11.9. The molecule has 1 aromatic rings. The number of primary amides is 1. The molecule has 4 N–H and O–H groups in total. The van der Waals surface area contributed by atoms with Gasteiger partial charge in [-0.3, -0.25) is 9.59 Å². The highest BCUT2D eigenvalue weighted by molar-refractivity contribution is 8.00. The first-order valence-corrected chi connectivity index (χ1v) is 7.54. The van der Waals surface area contributed by atoms with E-state index in [9.17, 15) is 9.59 Å². The Morgan fingerprint density at radius 3 is 2.70 bits per heavy atom. The van der Waals surface area contributed by atoms with Gasteiger partial charge in [0.1, 0.15) is 0 Å². The van der Waals surface area contributed by atoms with Gasteiger partial charge in [0, 0.05) is 17.4 Å². The topological polar surface area (TPSA) is 84.2 Å². The van der Waals surface area contributed by atoms with E-state index in [1.165, 1.54) is 11.8 Å². The summed E-state index contributed by atoms with van der Waals surface area (Å²) in [7, 11) is 0. The van der Waals surface area contributed by atoms with E-state index in [1.54, 1.807) is 0 Å². The van der Waals surface area contributed by atoms with Crippen LogP contribution in [-0.4, -0.2) is 30.7 Å². The molecule has 0 saturated carbocycles. The molecule has 1 aromatic carbocycles. The van der Waals surface area contributed by atoms with Gasteiger partial charge in [-0.05, 0) is 18.7 Å². The van der Waals surface area contributed by atoms with Gasteiger partial charge in [0.25, 0.3) is 0 Å². The monoisotopic (exact) mass is 295 g/mol. The third-order valence-electron chi connectivity index (χ3n) is 2.66. The van der Waals surface area contributed by atoms with Crippen LogP contribution >= 0.6 is 11.8 Å². The van der Waals surface area contributed by atoms with Crippen LogP contribution in [0.4, 0.5) is 5.69 Å². The Balaban J connectivity index is 2.66. The number of carbonyl (C=O) groups excluding carboxylic acids is 2. The number of hydrogen-bond donors (Lipinski definition) is 3. The molecule has 0 aromatic heterocycles. The van der Waals surface area contributed by atoms with Crippen LogP contribution in [0, 0.1) is 5.92 Å². The number of hydrogen-bond acceptors (Lipinski definition) is 4. The second-order valence-electron chi connectivity index (χ2n) is 4.45. The van der Waals surface area contributed by atoms with Crippen molar-refractivity contribution in [1.82, 2.24) is 5.32 Å². The number of rotatable bonds is 8. The molecule has 0 aliphatic rings. The molecule has 2 amide bonds. The first-order valence-electron chi connectivity index (χ1n) is 6.56. The van der Waals surface area contributed by atoms with Gasteiger partial charge in [0.2, 0.25) is 11.8 Å². The summed E-state index contributed by atoms with van der Waals surface area (Å²) in [5, 5.41) is 6.03. The van der Waals surface area contributed by atoms with Gasteiger partial charge in [-0.15, -0.1) is 11.8 Å². The van der Waals surface area contributed by atoms with Crippen molar-refractivity contribution < 1.29 is 9.59 Å². The van der Waals surface area contributed by atoms with Crippen molar-refractivity contribution in [3.8, 4) is 0 Å². The molecule has 0 aliphatic carbocycles. The third-order valence-corrected chi connectivity index (χ3v) is 3.76. The minimum absolute atomic E-state index is 0.0434. The highest BCUT2D eigenvalue weighted by Gasteiger charge is 2.14. The standard InChI is InChI=1S/C14H21N3O2S/c1-3-16-8-10(2)14(19)17-11-6-4-5-7-12(11)20-9-13(15)18/h4-7,10,16H,3,8-9H2,1-2H3,(H2,15,18)(H,17,19). The summed E-state index contributed by atoms with van der Waals surface area (Å²) < 4.78 is 0. The molecule has 110 valence electrons. The average Bonchev–Trinajstić information content (AvgIpc) is 2.43. The van der Waals surface area contributed by atoms with E-state index in [4.69, 9.17) is 5.73 Å². The SMILES string of the molecule is CCNCC(C)C(=O)Nc1ccccc1SCC(N)=O. The van der Waals surface area contributed by atoms with Crippen LogP contribution in [0.15, 0.2) is 29.2 Å². The van der Waals surface area contributed by atoms with Crippen LogP contribution in [0.25, 0.3) is 0 Å². The van der Waals surface area contributed by atoms with Crippen molar-refractivity contribution in [3.05, 3.63) is 24.3 Å². The van der Waals surface area contributed by atoms with Gasteiger partial charge in [-0.1, -0.05) is 26.0 Å². The maximum atomic E-state index is 12.1. The molecule has 1 rings (SSSR count). The van der Waals surface area contributed by atoms with Crippen LogP contribution in [0.1, 0.15) is 13.8 Å². The first kappa shape index (κ1) is 16.5. The maximum absolute atomic E-state index is 12.1. The predicted octanol–water partition coefficient (Wildman–Crippen LogP) is 1.45. The molecule has 0 aliphatic heterocycles. The van der Waals surface area contributed by atoms with E-state index in [0.29, 0.717) is 12.2 Å². The predicted molar refractivity (Wildman–Crippen MR) is 82.7 cm³/mol. The van der Waals surface area contributed by atoms with E-state index in [1.807, 2.05) is 38.1 Å². The van der Waals surface area contributed by atoms with E-state index in [-0.39, 0.29) is 23.5 Å². The molecule has 0 saturated heterocycles. The summed E-state index contributed by atoms with van der Waals surface area (Å²) >= 11 is 1.32. The number of carbonyl (C=O) groups is 2. The summed E-state index contributed by atoms with van der Waals surface area (Å²) in [6.45, 7) is 5.35. The second-order valence-corrected chi connectivity index (χ2v) is 5.47. The molecule has 20 heavy (non-hydrogen) atoms. The van der Waals surface area contributed by atoms with Gasteiger partial charge < -0.3 is 16.4 Å². The lowest BCUT2D eigenvalue weighted by Crippen LogP contribution is -2.30. The van der Waals surface area contributed by atoms with Gasteiger partial charge in [-0.25, -0.2) is 0 Å². The van der Waals surface area contributed by atoms with E-state index in [0.717, 1.165) is 11.4 Å². The van der Waals surface area contributed by atoms with Gasteiger partial charge in [-0.2, -0.15) is 0 Å². The first-order chi connectivity index (χ1) is 9.54. The van der Waals surface area contributed by atoms with E-state index >= 15 is 0 Å². The molecule has 0 radical (unpaired) electrons. The Morgan fingerprint density at radius 1 is 1.35 bits per heavy atom. The van der Waals surface area contributed by atoms with Gasteiger partial charge in [0.05, 0.1) is 11.4 Å². The quantitative estimate of drug-likeness (QED) is 0.634. The van der Waals surface area contributed by atoms with Crippen molar-refractivity contribution >= 4 is 29.3 Å². The molecular formula is C14H21N3O2S. The Labute approximate surface area is 123 Å². The number of nitrogens with one attached hydrogen (secondary N) is 2. The van der Waals surface area contributed by atoms with Crippen LogP contribution in [0.5, 0.6) is 0 Å². The Morgan fingerprint density at radius 2 is 2.05 bits per heavy atom. The zero-order chi connectivity index (χ0) is 15.0. The maximum Gasteiger partial charge on any atom is 0.228 e. The van der Waals surface area contributed by atoms with Crippen LogP contribution in [-0.2, 0) is 9.59 Å². The summed E-state index contributed by atoms with van der Waals surface area (Å²) in [6, 6.07) is 7.39. The Bertz CT molecular complexity index is 465. The number of thioether (sulfide) groups is 1. The fourth-order valence-electron chi connectivity index (χ4n) is 1.55. The third kappa shape index (κ3) is 5.63. The number of nitrogens with two attached hydrogens (primary N) is 1. The molecule has 1 unspecified atom stereocenters. The lowest BCUT2D eigenvalue weighted by molar-refractivity contribution is -0.119. The van der Waals surface area contributed by atoms with E-state index in [2.05, 4.69) is 10.6 Å². The fraction of sp³-hybridized carbons (Fsp3) is 0.429. The fourth-order valence-corrected chi connectivity index (χ4v) is 2.30. The van der Waals surface area contributed by atoms with Crippen LogP contribution in [0.3, 0.4) is 0 Å². The summed E-state index contributed by atoms with van der Waals surface area (Å²) in [4.78, 5) is 23.7. The second kappa shape index (κ2) is 8.60. The van der Waals surface area contributed by atoms with Crippen molar-refractivity contribution in [2.45, 2.75) is 18.7 Å². The lowest BCUT2D eigenvalue weighted by Gasteiger charge is -2.14. The molecule has 0 bridgehead atoms. The molecule has 0 fully saturated rings. The molecule has 6 heteroatoms. The van der Waals surface area contributed by atoms with Crippen LogP contribution < -0.4 is 16.4 Å². The number of para-hydroxylation sites is 1. The largest absolute Gasteiger partial charge is 0.369 e. The average molecular weight is 295 g/mol. The lowest BCUT2D eigenvalue weighted by atomic mass is 10.1. The Hall–Kier alpha value is -1.53. The number of anilines is 1. The molecule has 0 heterocycles. The van der Waals surface area contributed by atoms with E-state index < -0.39 is 0 Å². The van der Waals surface area contributed by atoms with Gasteiger partial charge >= 0.3 is 0 Å². The summed E-state index contributed by atoms with van der Waals surface area (Å²) in [5.74, 6) is -0.348. The minimum Gasteiger partial charge on any atom is -0.369 e. The van der Waals surface area contributed by atoms with Crippen molar-refractivity contribution in [2.24, 2.45) is 11.7 Å². The van der Waals surface area contributed by atoms with Crippen LogP contribution in [0.2, 0.25) is 0 Å². The molecule has 1 atom stereocenters. The molecule has 0 spiro atoms. The van der Waals surface area contributed by atoms with Crippen molar-refractivity contribution in [3.63, 3.8) is 0 Å². The van der Waals surface area contributed by atoms with Gasteiger partial charge in [0.15, 0.2) is 0 Å². The zero-order valence-electron chi connectivity index (χ0n) is 11.8. The van der Waals surface area contributed by atoms with Crippen molar-refractivity contribution in [2.75, 3.05) is 24.2 Å². The van der Waals surface area contributed by atoms with Crippen molar-refractivity contribution in [1.29, 1.82) is 0 Å². The number of amides is 2.